The lowest BCUT2D eigenvalue weighted by Gasteiger charge is -2.15. The van der Waals surface area contributed by atoms with E-state index in [2.05, 4.69) is 27.8 Å². The summed E-state index contributed by atoms with van der Waals surface area (Å²) in [6.07, 6.45) is 9.86. The third kappa shape index (κ3) is 5.97. The number of rotatable bonds is 11. The van der Waals surface area contributed by atoms with Crippen molar-refractivity contribution in [2.75, 3.05) is 18.5 Å². The average Bonchev–Trinajstić information content (AvgIpc) is 2.77. The molecule has 3 rings (SSSR count). The number of carboxylic acids is 1. The Morgan fingerprint density at radius 1 is 1.19 bits per heavy atom. The Hall–Kier alpha value is -4.05. The molecule has 0 bridgehead atoms. The van der Waals surface area contributed by atoms with Crippen molar-refractivity contribution in [3.05, 3.63) is 60.9 Å². The van der Waals surface area contributed by atoms with Crippen LogP contribution in [0.1, 0.15) is 24.8 Å². The van der Waals surface area contributed by atoms with Crippen LogP contribution in [0.5, 0.6) is 11.5 Å². The zero-order chi connectivity index (χ0) is 22.1. The van der Waals surface area contributed by atoms with Gasteiger partial charge in [0.2, 0.25) is 0 Å². The van der Waals surface area contributed by atoms with Gasteiger partial charge in [-0.2, -0.15) is 0 Å². The molecule has 0 aliphatic rings. The second-order valence-electron chi connectivity index (χ2n) is 6.69. The summed E-state index contributed by atoms with van der Waals surface area (Å²) in [5, 5.41) is 12.8. The molecule has 0 fully saturated rings. The quantitative estimate of drug-likeness (QED) is 0.268. The number of benzene rings is 2. The number of ether oxygens (including phenoxy) is 2. The second-order valence-corrected chi connectivity index (χ2v) is 6.69. The average molecular weight is 417 g/mol. The van der Waals surface area contributed by atoms with Crippen LogP contribution in [0.3, 0.4) is 0 Å². The van der Waals surface area contributed by atoms with Gasteiger partial charge in [-0.05, 0) is 37.1 Å². The first kappa shape index (κ1) is 21.7. The summed E-state index contributed by atoms with van der Waals surface area (Å²) in [5.41, 5.74) is 2.25. The number of carboxylic acid groups (broad SMARTS) is 1. The zero-order valence-electron chi connectivity index (χ0n) is 17.0. The van der Waals surface area contributed by atoms with Crippen LogP contribution in [-0.4, -0.2) is 34.3 Å². The van der Waals surface area contributed by atoms with Gasteiger partial charge in [-0.3, -0.25) is 4.79 Å². The summed E-state index contributed by atoms with van der Waals surface area (Å²) < 4.78 is 11.6. The normalized spacial score (nSPS) is 10.3. The third-order valence-electron chi connectivity index (χ3n) is 4.39. The van der Waals surface area contributed by atoms with E-state index < -0.39 is 5.97 Å². The maximum atomic E-state index is 10.7. The van der Waals surface area contributed by atoms with E-state index in [4.69, 9.17) is 21.0 Å². The van der Waals surface area contributed by atoms with Crippen LogP contribution in [0.2, 0.25) is 0 Å². The number of nitrogens with one attached hydrogen (secondary N) is 1. The van der Waals surface area contributed by atoms with Gasteiger partial charge in [0.15, 0.2) is 11.5 Å². The highest BCUT2D eigenvalue weighted by Crippen LogP contribution is 2.35. The first-order chi connectivity index (χ1) is 15.1. The fourth-order valence-electron chi connectivity index (χ4n) is 2.92. The molecule has 0 saturated heterocycles. The van der Waals surface area contributed by atoms with Crippen molar-refractivity contribution in [2.45, 2.75) is 19.3 Å². The topological polar surface area (TPSA) is 93.6 Å². The number of aliphatic carboxylic acids is 1. The molecule has 7 nitrogen and oxygen atoms in total. The minimum absolute atomic E-state index is 0.111. The molecule has 0 radical (unpaired) electrons. The lowest BCUT2D eigenvalue weighted by Crippen LogP contribution is -2.04. The van der Waals surface area contributed by atoms with Gasteiger partial charge in [0.25, 0.3) is 0 Å². The summed E-state index contributed by atoms with van der Waals surface area (Å²) in [6.45, 7) is 4.36. The first-order valence-electron chi connectivity index (χ1n) is 9.81. The Morgan fingerprint density at radius 2 is 2.03 bits per heavy atom. The smallest absolute Gasteiger partial charge is 0.303 e. The Bertz CT molecular complexity index is 1120. The summed E-state index contributed by atoms with van der Waals surface area (Å²) in [4.78, 5) is 19.4. The summed E-state index contributed by atoms with van der Waals surface area (Å²) in [6, 6.07) is 11.1. The van der Waals surface area contributed by atoms with E-state index in [0.29, 0.717) is 48.9 Å². The van der Waals surface area contributed by atoms with Gasteiger partial charge in [-0.15, -0.1) is 6.42 Å². The lowest BCUT2D eigenvalue weighted by molar-refractivity contribution is -0.137. The Balaban J connectivity index is 1.89. The number of unbranched alkanes of at least 4 members (excludes halogenated alkanes) is 1. The number of hydrogen-bond donors (Lipinski definition) is 2. The van der Waals surface area contributed by atoms with Gasteiger partial charge < -0.3 is 19.9 Å². The highest BCUT2D eigenvalue weighted by Gasteiger charge is 2.13. The molecular formula is C24H23N3O4. The fourth-order valence-corrected chi connectivity index (χ4v) is 2.92. The van der Waals surface area contributed by atoms with Gasteiger partial charge in [0, 0.05) is 29.1 Å². The molecular weight excluding hydrogens is 394 g/mol. The van der Waals surface area contributed by atoms with Gasteiger partial charge in [0.05, 0.1) is 12.1 Å². The van der Waals surface area contributed by atoms with Crippen molar-refractivity contribution in [1.82, 2.24) is 9.97 Å². The molecule has 2 N–H and O–H groups in total. The SMILES string of the molecule is C#Cc1cccc(Nc2ncnc3cc(OCC=C)c(OCCCCC(=O)O)cc23)c1. The van der Waals surface area contributed by atoms with Gasteiger partial charge in [0.1, 0.15) is 18.8 Å². The van der Waals surface area contributed by atoms with Crippen LogP contribution in [0.25, 0.3) is 10.9 Å². The molecule has 1 heterocycles. The van der Waals surface area contributed by atoms with E-state index in [9.17, 15) is 4.79 Å². The molecule has 0 aliphatic carbocycles. The molecule has 3 aromatic rings. The van der Waals surface area contributed by atoms with Crippen molar-refractivity contribution < 1.29 is 19.4 Å². The van der Waals surface area contributed by atoms with Crippen LogP contribution in [0.4, 0.5) is 11.5 Å². The van der Waals surface area contributed by atoms with Crippen LogP contribution < -0.4 is 14.8 Å². The minimum Gasteiger partial charge on any atom is -0.490 e. The molecule has 7 heteroatoms. The molecule has 0 aliphatic heterocycles. The van der Waals surface area contributed by atoms with Crippen LogP contribution in [-0.2, 0) is 4.79 Å². The molecule has 158 valence electrons. The van der Waals surface area contributed by atoms with E-state index >= 15 is 0 Å². The van der Waals surface area contributed by atoms with E-state index in [1.165, 1.54) is 6.33 Å². The zero-order valence-corrected chi connectivity index (χ0v) is 17.0. The molecule has 0 spiro atoms. The highest BCUT2D eigenvalue weighted by molar-refractivity contribution is 5.93. The van der Waals surface area contributed by atoms with Crippen LogP contribution in [0.15, 0.2) is 55.4 Å². The standard InChI is InChI=1S/C24H23N3O4/c1-3-11-30-22-15-20-19(14-21(22)31-12-6-5-10-23(28)29)24(26-16-25-20)27-18-9-7-8-17(4-2)13-18/h2-3,7-9,13-16H,1,5-6,10-12H2,(H,28,29)(H,25,26,27). The Labute approximate surface area is 180 Å². The third-order valence-corrected chi connectivity index (χ3v) is 4.39. The van der Waals surface area contributed by atoms with Crippen LogP contribution >= 0.6 is 0 Å². The Morgan fingerprint density at radius 3 is 2.81 bits per heavy atom. The van der Waals surface area contributed by atoms with Crippen molar-refractivity contribution >= 4 is 28.4 Å². The first-order valence-corrected chi connectivity index (χ1v) is 9.81. The van der Waals surface area contributed by atoms with Gasteiger partial charge in [-0.1, -0.05) is 24.6 Å². The molecule has 0 saturated carbocycles. The maximum Gasteiger partial charge on any atom is 0.303 e. The molecule has 0 unspecified atom stereocenters. The second kappa shape index (κ2) is 10.6. The summed E-state index contributed by atoms with van der Waals surface area (Å²) in [7, 11) is 0. The number of fused-ring (bicyclic) bond motifs is 1. The molecule has 0 amide bonds. The molecule has 2 aromatic carbocycles. The molecule has 1 aromatic heterocycles. The van der Waals surface area contributed by atoms with Crippen LogP contribution in [0, 0.1) is 12.3 Å². The van der Waals surface area contributed by atoms with E-state index in [0.717, 1.165) is 16.6 Å². The van der Waals surface area contributed by atoms with E-state index in [-0.39, 0.29) is 6.42 Å². The Kier molecular flexibility index (Phi) is 7.44. The number of anilines is 2. The minimum atomic E-state index is -0.817. The molecule has 0 atom stereocenters. The summed E-state index contributed by atoms with van der Waals surface area (Å²) in [5.74, 6) is 3.46. The van der Waals surface area contributed by atoms with Crippen molar-refractivity contribution in [3.63, 3.8) is 0 Å². The summed E-state index contributed by atoms with van der Waals surface area (Å²) >= 11 is 0. The van der Waals surface area contributed by atoms with Gasteiger partial charge in [-0.25, -0.2) is 9.97 Å². The van der Waals surface area contributed by atoms with E-state index in [1.54, 1.807) is 12.1 Å². The van der Waals surface area contributed by atoms with Crippen molar-refractivity contribution in [2.24, 2.45) is 0 Å². The van der Waals surface area contributed by atoms with E-state index in [1.807, 2.05) is 30.3 Å². The lowest BCUT2D eigenvalue weighted by atomic mass is 10.2. The number of aromatic nitrogens is 2. The predicted molar refractivity (Wildman–Crippen MR) is 120 cm³/mol. The maximum absolute atomic E-state index is 10.7. The fraction of sp³-hybridized carbons (Fsp3) is 0.208. The monoisotopic (exact) mass is 417 g/mol. The largest absolute Gasteiger partial charge is 0.490 e. The molecule has 31 heavy (non-hydrogen) atoms. The number of hydrogen-bond acceptors (Lipinski definition) is 6. The number of terminal acetylenes is 1. The van der Waals surface area contributed by atoms with Gasteiger partial charge >= 0.3 is 5.97 Å². The number of nitrogens with zero attached hydrogens (tertiary/aromatic N) is 2. The highest BCUT2D eigenvalue weighted by atomic mass is 16.5. The van der Waals surface area contributed by atoms with Crippen molar-refractivity contribution in [3.8, 4) is 23.8 Å². The van der Waals surface area contributed by atoms with Crippen molar-refractivity contribution in [1.29, 1.82) is 0 Å². The predicted octanol–water partition coefficient (Wildman–Crippen LogP) is 4.55. The number of carbonyl (C=O) groups is 1.